The lowest BCUT2D eigenvalue weighted by molar-refractivity contribution is -0.384. The Morgan fingerprint density at radius 2 is 1.69 bits per heavy atom. The molecule has 9 heteroatoms. The van der Waals surface area contributed by atoms with Gasteiger partial charge in [0.05, 0.1) is 34.7 Å². The highest BCUT2D eigenvalue weighted by Gasteiger charge is 2.16. The summed E-state index contributed by atoms with van der Waals surface area (Å²) in [6, 6.07) is 19.8. The minimum absolute atomic E-state index is 0.0618. The van der Waals surface area contributed by atoms with Crippen molar-refractivity contribution >= 4 is 29.2 Å². The van der Waals surface area contributed by atoms with E-state index < -0.39 is 4.92 Å². The van der Waals surface area contributed by atoms with Crippen molar-refractivity contribution < 1.29 is 9.66 Å². The van der Waals surface area contributed by atoms with Gasteiger partial charge in [0.15, 0.2) is 0 Å². The molecule has 3 aromatic carbocycles. The Bertz CT molecular complexity index is 1340. The number of benzene rings is 3. The Balaban J connectivity index is 1.82. The first-order valence-electron chi connectivity index (χ1n) is 9.50. The molecule has 1 heterocycles. The Morgan fingerprint density at radius 3 is 2.28 bits per heavy atom. The Morgan fingerprint density at radius 1 is 1.03 bits per heavy atom. The molecule has 0 spiro atoms. The number of ether oxygens (including phenoxy) is 1. The molecule has 0 fully saturated rings. The largest absolute Gasteiger partial charge is 0.497 e. The van der Waals surface area contributed by atoms with Gasteiger partial charge in [0, 0.05) is 28.9 Å². The first-order chi connectivity index (χ1) is 15.5. The highest BCUT2D eigenvalue weighted by Crippen LogP contribution is 2.24. The van der Waals surface area contributed by atoms with Crippen molar-refractivity contribution in [3.63, 3.8) is 0 Å². The van der Waals surface area contributed by atoms with Crippen molar-refractivity contribution in [3.8, 4) is 22.7 Å². The second-order valence-corrected chi connectivity index (χ2v) is 7.21. The fraction of sp³-hybridized carbons (Fsp3) is 0.0435. The summed E-state index contributed by atoms with van der Waals surface area (Å²) < 4.78 is 6.54. The van der Waals surface area contributed by atoms with Gasteiger partial charge in [-0.3, -0.25) is 25.0 Å². The van der Waals surface area contributed by atoms with Gasteiger partial charge in [-0.05, 0) is 60.7 Å². The van der Waals surface area contributed by atoms with Crippen molar-refractivity contribution in [2.24, 2.45) is 4.99 Å². The van der Waals surface area contributed by atoms with E-state index in [2.05, 4.69) is 10.1 Å². The zero-order valence-corrected chi connectivity index (χ0v) is 17.6. The van der Waals surface area contributed by atoms with Gasteiger partial charge in [0.25, 0.3) is 11.2 Å². The maximum atomic E-state index is 13.2. The van der Waals surface area contributed by atoms with Crippen LogP contribution in [0.1, 0.15) is 5.56 Å². The Hall–Kier alpha value is -4.17. The van der Waals surface area contributed by atoms with Gasteiger partial charge in [-0.2, -0.15) is 0 Å². The molecule has 1 aromatic heterocycles. The van der Waals surface area contributed by atoms with E-state index in [1.807, 2.05) is 12.1 Å². The number of H-pyrrole nitrogens is 1. The Kier molecular flexibility index (Phi) is 5.87. The van der Waals surface area contributed by atoms with E-state index in [0.717, 1.165) is 5.56 Å². The van der Waals surface area contributed by atoms with Crippen LogP contribution in [0, 0.1) is 10.1 Å². The number of rotatable bonds is 6. The number of nitro benzene ring substituents is 1. The van der Waals surface area contributed by atoms with E-state index in [1.165, 1.54) is 35.2 Å². The van der Waals surface area contributed by atoms with Crippen LogP contribution in [0.15, 0.2) is 82.6 Å². The summed E-state index contributed by atoms with van der Waals surface area (Å²) in [6.07, 6.45) is 1.49. The number of aliphatic imine (C=N–C) groups is 1. The van der Waals surface area contributed by atoms with Crippen LogP contribution < -0.4 is 10.3 Å². The molecule has 32 heavy (non-hydrogen) atoms. The predicted molar refractivity (Wildman–Crippen MR) is 124 cm³/mol. The van der Waals surface area contributed by atoms with Crippen LogP contribution in [0.25, 0.3) is 16.9 Å². The summed E-state index contributed by atoms with van der Waals surface area (Å²) in [5.41, 5.74) is 2.33. The maximum absolute atomic E-state index is 13.2. The van der Waals surface area contributed by atoms with Gasteiger partial charge in [0.1, 0.15) is 5.75 Å². The van der Waals surface area contributed by atoms with Crippen LogP contribution in [0.3, 0.4) is 0 Å². The fourth-order valence-electron chi connectivity index (χ4n) is 3.12. The summed E-state index contributed by atoms with van der Waals surface area (Å²) in [4.78, 5) is 28.1. The second-order valence-electron chi connectivity index (χ2n) is 6.78. The van der Waals surface area contributed by atoms with Crippen molar-refractivity contribution in [1.29, 1.82) is 0 Å². The van der Waals surface area contributed by atoms with Gasteiger partial charge >= 0.3 is 0 Å². The zero-order chi connectivity index (χ0) is 22.7. The number of hydrogen-bond acceptors (Lipinski definition) is 5. The maximum Gasteiger partial charge on any atom is 0.280 e. The molecule has 0 amide bonds. The number of halogens is 1. The van der Waals surface area contributed by atoms with E-state index in [-0.39, 0.29) is 11.2 Å². The van der Waals surface area contributed by atoms with Crippen molar-refractivity contribution in [2.75, 3.05) is 7.11 Å². The molecular formula is C23H17ClN4O4. The number of methoxy groups -OCH3 is 1. The van der Waals surface area contributed by atoms with Crippen LogP contribution >= 0.6 is 11.6 Å². The standard InChI is InChI=1S/C23H17ClN4O4/c1-32-20-12-2-15(3-13-20)22-21(14-25-17-6-4-16(24)5-7-17)23(29)27(26-22)18-8-10-19(11-9-18)28(30)31/h2-14,26H,1H3. The summed E-state index contributed by atoms with van der Waals surface area (Å²) in [5, 5.41) is 14.6. The first-order valence-corrected chi connectivity index (χ1v) is 9.88. The number of aromatic nitrogens is 2. The highest BCUT2D eigenvalue weighted by molar-refractivity contribution is 6.30. The van der Waals surface area contributed by atoms with E-state index in [9.17, 15) is 14.9 Å². The monoisotopic (exact) mass is 448 g/mol. The lowest BCUT2D eigenvalue weighted by atomic mass is 10.1. The summed E-state index contributed by atoms with van der Waals surface area (Å²) in [6.45, 7) is 0. The third-order valence-electron chi connectivity index (χ3n) is 4.79. The van der Waals surface area contributed by atoms with E-state index in [1.54, 1.807) is 43.5 Å². The van der Waals surface area contributed by atoms with E-state index >= 15 is 0 Å². The van der Waals surface area contributed by atoms with Crippen molar-refractivity contribution in [2.45, 2.75) is 0 Å². The quantitative estimate of drug-likeness (QED) is 0.250. The average molecular weight is 449 g/mol. The molecule has 4 aromatic rings. The molecular weight excluding hydrogens is 432 g/mol. The lowest BCUT2D eigenvalue weighted by Crippen LogP contribution is -2.17. The number of hydrogen-bond donors (Lipinski definition) is 1. The third kappa shape index (κ3) is 4.30. The minimum atomic E-state index is -0.492. The van der Waals surface area contributed by atoms with Crippen LogP contribution in [0.2, 0.25) is 5.02 Å². The van der Waals surface area contributed by atoms with Crippen molar-refractivity contribution in [1.82, 2.24) is 9.78 Å². The second kappa shape index (κ2) is 8.91. The third-order valence-corrected chi connectivity index (χ3v) is 5.05. The van der Waals surface area contributed by atoms with E-state index in [0.29, 0.717) is 33.4 Å². The molecule has 0 saturated carbocycles. The summed E-state index contributed by atoms with van der Waals surface area (Å²) in [5.74, 6) is 0.683. The van der Waals surface area contributed by atoms with E-state index in [4.69, 9.17) is 16.3 Å². The molecule has 4 rings (SSSR count). The molecule has 0 aliphatic rings. The SMILES string of the molecule is COc1ccc(-c2[nH]n(-c3ccc([N+](=O)[O-])cc3)c(=O)c2C=Nc2ccc(Cl)cc2)cc1. The number of non-ortho nitro benzene ring substituents is 1. The smallest absolute Gasteiger partial charge is 0.280 e. The first kappa shape index (κ1) is 21.1. The molecule has 0 saturated heterocycles. The molecule has 0 unspecified atom stereocenters. The normalized spacial score (nSPS) is 11.1. The number of nitro groups is 1. The fourth-order valence-corrected chi connectivity index (χ4v) is 3.25. The topological polar surface area (TPSA) is 103 Å². The molecule has 160 valence electrons. The molecule has 0 aliphatic heterocycles. The van der Waals surface area contributed by atoms with Gasteiger partial charge in [0.2, 0.25) is 0 Å². The molecule has 8 nitrogen and oxygen atoms in total. The van der Waals surface area contributed by atoms with Crippen molar-refractivity contribution in [3.05, 3.63) is 104 Å². The van der Waals surface area contributed by atoms with Crippen LogP contribution in [-0.2, 0) is 0 Å². The molecule has 1 N–H and O–H groups in total. The van der Waals surface area contributed by atoms with Gasteiger partial charge in [-0.25, -0.2) is 4.68 Å². The number of aromatic amines is 1. The van der Waals surface area contributed by atoms with Gasteiger partial charge < -0.3 is 4.74 Å². The number of nitrogens with zero attached hydrogens (tertiary/aromatic N) is 3. The Labute approximate surface area is 187 Å². The summed E-state index contributed by atoms with van der Waals surface area (Å²) in [7, 11) is 1.58. The highest BCUT2D eigenvalue weighted by atomic mass is 35.5. The molecule has 0 aliphatic carbocycles. The molecule has 0 atom stereocenters. The van der Waals surface area contributed by atoms with Crippen LogP contribution in [-0.4, -0.2) is 28.0 Å². The minimum Gasteiger partial charge on any atom is -0.497 e. The lowest BCUT2D eigenvalue weighted by Gasteiger charge is -2.04. The van der Waals surface area contributed by atoms with Crippen LogP contribution in [0.5, 0.6) is 5.75 Å². The van der Waals surface area contributed by atoms with Gasteiger partial charge in [-0.1, -0.05) is 11.6 Å². The molecule has 0 radical (unpaired) electrons. The van der Waals surface area contributed by atoms with Crippen LogP contribution in [0.4, 0.5) is 11.4 Å². The van der Waals surface area contributed by atoms with Gasteiger partial charge in [-0.15, -0.1) is 0 Å². The predicted octanol–water partition coefficient (Wildman–Crippen LogP) is 5.15. The summed E-state index contributed by atoms with van der Waals surface area (Å²) >= 11 is 5.92. The molecule has 0 bridgehead atoms. The zero-order valence-electron chi connectivity index (χ0n) is 16.9. The average Bonchev–Trinajstić information content (AvgIpc) is 3.15. The number of nitrogens with one attached hydrogen (secondary N) is 1.